The molecule has 18 heavy (non-hydrogen) atoms. The molecule has 2 heterocycles. The Kier molecular flexibility index (Phi) is 3.97. The summed E-state index contributed by atoms with van der Waals surface area (Å²) in [5, 5.41) is 5.58. The predicted molar refractivity (Wildman–Crippen MR) is 80.8 cm³/mol. The second kappa shape index (κ2) is 5.52. The van der Waals surface area contributed by atoms with Crippen LogP contribution in [0.2, 0.25) is 0 Å². The lowest BCUT2D eigenvalue weighted by Gasteiger charge is -2.30. The van der Waals surface area contributed by atoms with E-state index in [4.69, 9.17) is 17.4 Å². The molecule has 0 radical (unpaired) electrons. The van der Waals surface area contributed by atoms with Crippen molar-refractivity contribution in [2.45, 2.75) is 8.43 Å². The highest BCUT2D eigenvalue weighted by atomic mass is 32.3. The minimum atomic E-state index is -0.359. The molecule has 3 rings (SSSR count). The zero-order valence-corrected chi connectivity index (χ0v) is 12.3. The summed E-state index contributed by atoms with van der Waals surface area (Å²) in [5.74, 6) is 0. The van der Waals surface area contributed by atoms with Crippen molar-refractivity contribution >= 4 is 42.0 Å². The maximum absolute atomic E-state index is 5.32. The first-order valence-electron chi connectivity index (χ1n) is 5.80. The van der Waals surface area contributed by atoms with Crippen molar-refractivity contribution < 1.29 is 4.74 Å². The van der Waals surface area contributed by atoms with Crippen LogP contribution in [0.3, 0.4) is 0 Å². The van der Waals surface area contributed by atoms with Gasteiger partial charge in [-0.1, -0.05) is 23.9 Å². The fourth-order valence-corrected chi connectivity index (χ4v) is 4.35. The van der Waals surface area contributed by atoms with Gasteiger partial charge in [0, 0.05) is 18.0 Å². The first-order valence-corrected chi connectivity index (χ1v) is 7.88. The van der Waals surface area contributed by atoms with Crippen molar-refractivity contribution in [3.8, 4) is 0 Å². The van der Waals surface area contributed by atoms with E-state index in [2.05, 4.69) is 27.3 Å². The first kappa shape index (κ1) is 13.0. The number of thioether (sulfide) groups is 1. The summed E-state index contributed by atoms with van der Waals surface area (Å²) in [6.45, 7) is 3.39. The highest BCUT2D eigenvalue weighted by Gasteiger charge is 2.35. The lowest BCUT2D eigenvalue weighted by molar-refractivity contribution is 0.0289. The van der Waals surface area contributed by atoms with Gasteiger partial charge < -0.3 is 10.1 Å². The van der Waals surface area contributed by atoms with Gasteiger partial charge in [-0.2, -0.15) is 4.83 Å². The number of anilines is 1. The fraction of sp³-hybridized carbons (Fsp3) is 0.455. The van der Waals surface area contributed by atoms with Gasteiger partial charge in [-0.25, -0.2) is 5.01 Å². The standard InChI is InChI=1S/C11H15N3OS3/c16-11(18-13-14-5-7-15-8-6-14)12-9-3-1-2-4-10(9)17-11/h1-4,12-13,16H,5-8H2. The molecule has 1 atom stereocenters. The summed E-state index contributed by atoms with van der Waals surface area (Å²) in [5.41, 5.74) is 1.15. The number of ether oxygens (including phenoxy) is 1. The van der Waals surface area contributed by atoms with Gasteiger partial charge in [0.25, 0.3) is 0 Å². The Balaban J connectivity index is 1.57. The van der Waals surface area contributed by atoms with Crippen molar-refractivity contribution in [2.75, 3.05) is 31.6 Å². The summed E-state index contributed by atoms with van der Waals surface area (Å²) < 4.78 is 4.96. The Labute approximate surface area is 121 Å². The Bertz CT molecular complexity index is 401. The van der Waals surface area contributed by atoms with Gasteiger partial charge in [0.2, 0.25) is 0 Å². The second-order valence-electron chi connectivity index (χ2n) is 4.10. The van der Waals surface area contributed by atoms with Gasteiger partial charge >= 0.3 is 0 Å². The number of hydrogen-bond donors (Lipinski definition) is 3. The minimum absolute atomic E-state index is 0.359. The molecule has 0 aromatic heterocycles. The molecule has 0 saturated carbocycles. The number of nitrogens with one attached hydrogen (secondary N) is 2. The molecule has 1 unspecified atom stereocenters. The highest BCUT2D eigenvalue weighted by Crippen LogP contribution is 2.52. The summed E-state index contributed by atoms with van der Waals surface area (Å²) in [4.78, 5) is 4.59. The van der Waals surface area contributed by atoms with Crippen molar-refractivity contribution in [1.82, 2.24) is 9.84 Å². The molecule has 0 bridgehead atoms. The van der Waals surface area contributed by atoms with E-state index < -0.39 is 0 Å². The van der Waals surface area contributed by atoms with Crippen LogP contribution in [0.4, 0.5) is 5.69 Å². The Hall–Kier alpha value is -0.0500. The summed E-state index contributed by atoms with van der Waals surface area (Å²) in [6, 6.07) is 8.27. The van der Waals surface area contributed by atoms with E-state index in [0.29, 0.717) is 0 Å². The molecule has 7 heteroatoms. The Morgan fingerprint density at radius 1 is 1.39 bits per heavy atom. The average molecular weight is 301 g/mol. The third-order valence-electron chi connectivity index (χ3n) is 2.75. The van der Waals surface area contributed by atoms with E-state index in [0.717, 1.165) is 32.0 Å². The van der Waals surface area contributed by atoms with Crippen LogP contribution >= 0.6 is 36.3 Å². The summed E-state index contributed by atoms with van der Waals surface area (Å²) in [6.07, 6.45) is 0. The van der Waals surface area contributed by atoms with E-state index in [-0.39, 0.29) is 3.54 Å². The Morgan fingerprint density at radius 3 is 2.94 bits per heavy atom. The van der Waals surface area contributed by atoms with E-state index in [1.165, 1.54) is 4.90 Å². The number of benzene rings is 1. The van der Waals surface area contributed by atoms with E-state index >= 15 is 0 Å². The quantitative estimate of drug-likeness (QED) is 0.452. The van der Waals surface area contributed by atoms with Crippen LogP contribution in [-0.4, -0.2) is 34.8 Å². The molecule has 0 amide bonds. The van der Waals surface area contributed by atoms with Gasteiger partial charge in [0.1, 0.15) is 0 Å². The number of morpholine rings is 1. The number of nitrogens with zero attached hydrogens (tertiary/aromatic N) is 1. The van der Waals surface area contributed by atoms with Gasteiger partial charge in [0.05, 0.1) is 18.9 Å². The van der Waals surface area contributed by atoms with Gasteiger partial charge in [-0.3, -0.25) is 0 Å². The molecule has 1 aromatic rings. The number of fused-ring (bicyclic) bond motifs is 1. The monoisotopic (exact) mass is 301 g/mol. The molecule has 4 nitrogen and oxygen atoms in total. The molecule has 2 N–H and O–H groups in total. The molecular formula is C11H15N3OS3. The fourth-order valence-electron chi connectivity index (χ4n) is 1.83. The molecule has 2 aliphatic heterocycles. The van der Waals surface area contributed by atoms with Gasteiger partial charge in [-0.05, 0) is 24.1 Å². The van der Waals surface area contributed by atoms with E-state index in [9.17, 15) is 0 Å². The van der Waals surface area contributed by atoms with Crippen LogP contribution in [0.25, 0.3) is 0 Å². The molecule has 1 fully saturated rings. The summed E-state index contributed by atoms with van der Waals surface area (Å²) >= 11 is 8.03. The van der Waals surface area contributed by atoms with Crippen molar-refractivity contribution in [3.63, 3.8) is 0 Å². The summed E-state index contributed by atoms with van der Waals surface area (Å²) in [7, 11) is 0. The lowest BCUT2D eigenvalue weighted by Crippen LogP contribution is -2.44. The smallest absolute Gasteiger partial charge is 0.195 e. The van der Waals surface area contributed by atoms with Gasteiger partial charge in [-0.15, -0.1) is 12.6 Å². The number of hydrogen-bond acceptors (Lipinski definition) is 7. The lowest BCUT2D eigenvalue weighted by atomic mass is 10.3. The van der Waals surface area contributed by atoms with Crippen molar-refractivity contribution in [2.24, 2.45) is 0 Å². The molecule has 0 spiro atoms. The Morgan fingerprint density at radius 2 is 2.17 bits per heavy atom. The van der Waals surface area contributed by atoms with E-state index in [1.807, 2.05) is 12.1 Å². The number of hydrazine groups is 1. The van der Waals surface area contributed by atoms with Crippen molar-refractivity contribution in [3.05, 3.63) is 24.3 Å². The van der Waals surface area contributed by atoms with Crippen LogP contribution in [-0.2, 0) is 4.74 Å². The van der Waals surface area contributed by atoms with Crippen LogP contribution in [0.15, 0.2) is 29.2 Å². The predicted octanol–water partition coefficient (Wildman–Crippen LogP) is 2.23. The number of para-hydroxylation sites is 1. The average Bonchev–Trinajstić information content (AvgIpc) is 2.74. The third-order valence-corrected chi connectivity index (χ3v) is 5.59. The largest absolute Gasteiger partial charge is 0.379 e. The molecular weight excluding hydrogens is 286 g/mol. The highest BCUT2D eigenvalue weighted by molar-refractivity contribution is 8.29. The SMILES string of the molecule is SC1(SNN2CCOCC2)Nc2ccccc2S1. The molecule has 98 valence electrons. The minimum Gasteiger partial charge on any atom is -0.379 e. The van der Waals surface area contributed by atoms with Crippen LogP contribution in [0.1, 0.15) is 0 Å². The first-order chi connectivity index (χ1) is 8.75. The van der Waals surface area contributed by atoms with Crippen LogP contribution < -0.4 is 10.1 Å². The topological polar surface area (TPSA) is 36.5 Å². The van der Waals surface area contributed by atoms with Gasteiger partial charge in [0.15, 0.2) is 3.54 Å². The maximum atomic E-state index is 5.32. The number of rotatable bonds is 3. The molecule has 2 aliphatic rings. The van der Waals surface area contributed by atoms with E-state index in [1.54, 1.807) is 23.7 Å². The zero-order valence-electron chi connectivity index (χ0n) is 9.76. The van der Waals surface area contributed by atoms with Crippen LogP contribution in [0, 0.1) is 0 Å². The number of thiol groups is 1. The second-order valence-corrected chi connectivity index (χ2v) is 7.89. The molecule has 1 aromatic carbocycles. The molecule has 0 aliphatic carbocycles. The van der Waals surface area contributed by atoms with Crippen LogP contribution in [0.5, 0.6) is 0 Å². The molecule has 1 saturated heterocycles. The normalized spacial score (nSPS) is 27.8. The zero-order chi connectivity index (χ0) is 12.4. The maximum Gasteiger partial charge on any atom is 0.195 e. The van der Waals surface area contributed by atoms with Crippen molar-refractivity contribution in [1.29, 1.82) is 0 Å². The third kappa shape index (κ3) is 2.92.